The first-order valence-electron chi connectivity index (χ1n) is 7.55. The van der Waals surface area contributed by atoms with Gasteiger partial charge in [-0.1, -0.05) is 0 Å². The lowest BCUT2D eigenvalue weighted by molar-refractivity contribution is -0.150. The molecular formula is C17H15FN2O5. The van der Waals surface area contributed by atoms with Gasteiger partial charge in [-0.25, -0.2) is 19.0 Å². The van der Waals surface area contributed by atoms with Crippen LogP contribution in [0.15, 0.2) is 36.4 Å². The number of carbonyl (C=O) groups is 2. The van der Waals surface area contributed by atoms with Crippen molar-refractivity contribution >= 4 is 17.8 Å². The van der Waals surface area contributed by atoms with Crippen LogP contribution in [0.4, 0.5) is 10.2 Å². The first-order chi connectivity index (χ1) is 12.0. The summed E-state index contributed by atoms with van der Waals surface area (Å²) in [4.78, 5) is 28.6. The number of anilines is 1. The highest BCUT2D eigenvalue weighted by molar-refractivity contribution is 5.94. The normalized spacial score (nSPS) is 17.3. The van der Waals surface area contributed by atoms with Crippen molar-refractivity contribution in [3.8, 4) is 11.3 Å². The summed E-state index contributed by atoms with van der Waals surface area (Å²) in [5.74, 6) is -2.49. The molecule has 8 heteroatoms. The fraction of sp³-hybridized carbons (Fsp3) is 0.235. The van der Waals surface area contributed by atoms with Gasteiger partial charge in [-0.3, -0.25) is 0 Å². The van der Waals surface area contributed by atoms with Gasteiger partial charge in [0.25, 0.3) is 0 Å². The second-order valence-electron chi connectivity index (χ2n) is 5.52. The molecule has 2 N–H and O–H groups in total. The summed E-state index contributed by atoms with van der Waals surface area (Å²) in [6.45, 7) is 0.470. The van der Waals surface area contributed by atoms with Crippen LogP contribution < -0.4 is 4.90 Å². The summed E-state index contributed by atoms with van der Waals surface area (Å²) in [7, 11) is 0. The number of pyridine rings is 1. The van der Waals surface area contributed by atoms with Crippen LogP contribution in [-0.2, 0) is 9.53 Å². The van der Waals surface area contributed by atoms with E-state index in [0.29, 0.717) is 17.8 Å². The number of aliphatic carboxylic acids is 1. The Labute approximate surface area is 142 Å². The van der Waals surface area contributed by atoms with Gasteiger partial charge in [0.15, 0.2) is 6.10 Å². The number of nitrogens with zero attached hydrogens (tertiary/aromatic N) is 2. The van der Waals surface area contributed by atoms with Crippen LogP contribution in [0.5, 0.6) is 0 Å². The van der Waals surface area contributed by atoms with Crippen LogP contribution in [0, 0.1) is 5.82 Å². The van der Waals surface area contributed by atoms with E-state index < -0.39 is 18.0 Å². The molecule has 0 aliphatic carbocycles. The molecule has 0 saturated carbocycles. The van der Waals surface area contributed by atoms with Crippen molar-refractivity contribution in [2.45, 2.75) is 6.10 Å². The predicted molar refractivity (Wildman–Crippen MR) is 86.2 cm³/mol. The van der Waals surface area contributed by atoms with Crippen LogP contribution >= 0.6 is 0 Å². The third kappa shape index (κ3) is 3.58. The highest BCUT2D eigenvalue weighted by atomic mass is 19.1. The Hall–Kier alpha value is -3.00. The van der Waals surface area contributed by atoms with Gasteiger partial charge in [0, 0.05) is 12.1 Å². The summed E-state index contributed by atoms with van der Waals surface area (Å²) >= 11 is 0. The highest BCUT2D eigenvalue weighted by Gasteiger charge is 2.29. The zero-order valence-corrected chi connectivity index (χ0v) is 13.1. The Morgan fingerprint density at radius 1 is 1.16 bits per heavy atom. The molecule has 3 rings (SSSR count). The molecule has 2 heterocycles. The quantitative estimate of drug-likeness (QED) is 0.872. The molecule has 1 aromatic heterocycles. The lowest BCUT2D eigenvalue weighted by atomic mass is 10.1. The Morgan fingerprint density at radius 3 is 2.52 bits per heavy atom. The summed E-state index contributed by atoms with van der Waals surface area (Å²) in [6.07, 6.45) is -1.05. The molecule has 1 atom stereocenters. The Morgan fingerprint density at radius 2 is 1.88 bits per heavy atom. The second kappa shape index (κ2) is 6.86. The van der Waals surface area contributed by atoms with Crippen LogP contribution in [0.2, 0.25) is 0 Å². The van der Waals surface area contributed by atoms with Crippen LogP contribution in [-0.4, -0.2) is 52.9 Å². The van der Waals surface area contributed by atoms with Crippen molar-refractivity contribution < 1.29 is 28.9 Å². The van der Waals surface area contributed by atoms with Crippen molar-refractivity contribution in [1.82, 2.24) is 4.98 Å². The Kier molecular flexibility index (Phi) is 4.62. The van der Waals surface area contributed by atoms with E-state index in [1.54, 1.807) is 17.0 Å². The van der Waals surface area contributed by atoms with Crippen LogP contribution in [0.25, 0.3) is 11.3 Å². The minimum atomic E-state index is -1.16. The van der Waals surface area contributed by atoms with Gasteiger partial charge in [-0.05, 0) is 36.4 Å². The smallest absolute Gasteiger partial charge is 0.339 e. The number of halogens is 1. The van der Waals surface area contributed by atoms with E-state index >= 15 is 0 Å². The molecule has 0 bridgehead atoms. The number of carboxylic acids is 2. The molecular weight excluding hydrogens is 331 g/mol. The van der Waals surface area contributed by atoms with Gasteiger partial charge in [-0.2, -0.15) is 0 Å². The maximum absolute atomic E-state index is 13.1. The van der Waals surface area contributed by atoms with E-state index in [-0.39, 0.29) is 30.4 Å². The average Bonchev–Trinajstić information content (AvgIpc) is 2.62. The molecule has 1 fully saturated rings. The Bertz CT molecular complexity index is 809. The number of benzene rings is 1. The monoisotopic (exact) mass is 346 g/mol. The van der Waals surface area contributed by atoms with Crippen molar-refractivity contribution in [2.24, 2.45) is 0 Å². The highest BCUT2D eigenvalue weighted by Crippen LogP contribution is 2.26. The molecule has 1 aliphatic rings. The molecule has 1 aromatic carbocycles. The minimum absolute atomic E-state index is 0.00448. The molecule has 7 nitrogen and oxygen atoms in total. The molecule has 1 unspecified atom stereocenters. The summed E-state index contributed by atoms with van der Waals surface area (Å²) < 4.78 is 18.2. The van der Waals surface area contributed by atoms with Gasteiger partial charge in [-0.15, -0.1) is 0 Å². The average molecular weight is 346 g/mol. The summed E-state index contributed by atoms with van der Waals surface area (Å²) in [5.41, 5.74) is 1.07. The van der Waals surface area contributed by atoms with Gasteiger partial charge < -0.3 is 19.8 Å². The molecule has 0 spiro atoms. The molecule has 1 saturated heterocycles. The van der Waals surface area contributed by atoms with E-state index in [0.717, 1.165) is 0 Å². The van der Waals surface area contributed by atoms with Crippen molar-refractivity contribution in [1.29, 1.82) is 0 Å². The first-order valence-corrected chi connectivity index (χ1v) is 7.55. The number of aromatic carboxylic acids is 1. The lowest BCUT2D eigenvalue weighted by Gasteiger charge is -2.32. The van der Waals surface area contributed by atoms with Crippen LogP contribution in [0.1, 0.15) is 10.4 Å². The maximum Gasteiger partial charge on any atom is 0.339 e. The van der Waals surface area contributed by atoms with Gasteiger partial charge >= 0.3 is 11.9 Å². The molecule has 0 amide bonds. The zero-order valence-electron chi connectivity index (χ0n) is 13.1. The van der Waals surface area contributed by atoms with Crippen LogP contribution in [0.3, 0.4) is 0 Å². The van der Waals surface area contributed by atoms with E-state index in [9.17, 15) is 19.1 Å². The molecule has 0 radical (unpaired) electrons. The SMILES string of the molecule is O=C(O)c1ccc(-c2ccc(F)cc2)nc1N1CCOC(C(=O)O)C1. The predicted octanol–water partition coefficient (Wildman–Crippen LogP) is 1.88. The first kappa shape index (κ1) is 16.8. The molecule has 130 valence electrons. The topological polar surface area (TPSA) is 100.0 Å². The zero-order chi connectivity index (χ0) is 18.0. The maximum atomic E-state index is 13.1. The third-order valence-corrected chi connectivity index (χ3v) is 3.89. The van der Waals surface area contributed by atoms with E-state index in [2.05, 4.69) is 4.98 Å². The molecule has 2 aromatic rings. The fourth-order valence-electron chi connectivity index (χ4n) is 2.63. The molecule has 25 heavy (non-hydrogen) atoms. The summed E-state index contributed by atoms with van der Waals surface area (Å²) in [5, 5.41) is 18.5. The third-order valence-electron chi connectivity index (χ3n) is 3.89. The largest absolute Gasteiger partial charge is 0.479 e. The second-order valence-corrected chi connectivity index (χ2v) is 5.52. The number of hydrogen-bond acceptors (Lipinski definition) is 5. The minimum Gasteiger partial charge on any atom is -0.479 e. The van der Waals surface area contributed by atoms with Crippen molar-refractivity contribution in [3.05, 3.63) is 47.8 Å². The van der Waals surface area contributed by atoms with Gasteiger partial charge in [0.2, 0.25) is 0 Å². The number of carboxylic acid groups (broad SMARTS) is 2. The Balaban J connectivity index is 2.00. The summed E-state index contributed by atoms with van der Waals surface area (Å²) in [6, 6.07) is 8.61. The van der Waals surface area contributed by atoms with E-state index in [4.69, 9.17) is 9.84 Å². The fourth-order valence-corrected chi connectivity index (χ4v) is 2.63. The number of hydrogen-bond donors (Lipinski definition) is 2. The number of aromatic nitrogens is 1. The number of rotatable bonds is 4. The molecule has 1 aliphatic heterocycles. The van der Waals surface area contributed by atoms with E-state index in [1.807, 2.05) is 0 Å². The van der Waals surface area contributed by atoms with Gasteiger partial charge in [0.1, 0.15) is 17.2 Å². The van der Waals surface area contributed by atoms with E-state index in [1.165, 1.54) is 24.3 Å². The number of ether oxygens (including phenoxy) is 1. The lowest BCUT2D eigenvalue weighted by Crippen LogP contribution is -2.47. The van der Waals surface area contributed by atoms with Crippen molar-refractivity contribution in [3.63, 3.8) is 0 Å². The number of morpholine rings is 1. The van der Waals surface area contributed by atoms with Crippen molar-refractivity contribution in [2.75, 3.05) is 24.6 Å². The standard InChI is InChI=1S/C17H15FN2O5/c18-11-3-1-10(2-4-11)13-6-5-12(16(21)22)15(19-13)20-7-8-25-14(9-20)17(23)24/h1-6,14H,7-9H2,(H,21,22)(H,23,24). The van der Waals surface area contributed by atoms with Gasteiger partial charge in [0.05, 0.1) is 18.8 Å².